The molecule has 0 saturated heterocycles. The molecule has 0 aliphatic carbocycles. The van der Waals surface area contributed by atoms with Crippen molar-refractivity contribution in [2.24, 2.45) is 23.2 Å². The molecule has 0 spiro atoms. The van der Waals surface area contributed by atoms with E-state index in [4.69, 9.17) is 0 Å². The molecule has 116 valence electrons. The van der Waals surface area contributed by atoms with Crippen LogP contribution in [-0.4, -0.2) is 0 Å². The van der Waals surface area contributed by atoms with Crippen LogP contribution in [0, 0.1) is 23.2 Å². The van der Waals surface area contributed by atoms with Crippen LogP contribution in [0.1, 0.15) is 99.8 Å². The average Bonchev–Trinajstić information content (AvgIpc) is 2.33. The molecule has 0 aromatic heterocycles. The predicted octanol–water partition coefficient (Wildman–Crippen LogP) is 7.08. The first-order valence-corrected chi connectivity index (χ1v) is 8.76. The van der Waals surface area contributed by atoms with Gasteiger partial charge in [0.25, 0.3) is 0 Å². The van der Waals surface area contributed by atoms with Gasteiger partial charge in [0.2, 0.25) is 0 Å². The highest BCUT2D eigenvalue weighted by Gasteiger charge is 2.18. The first-order chi connectivity index (χ1) is 8.76. The van der Waals surface area contributed by atoms with Crippen molar-refractivity contribution in [2.45, 2.75) is 99.8 Å². The summed E-state index contributed by atoms with van der Waals surface area (Å²) in [7, 11) is 0. The Morgan fingerprint density at radius 1 is 0.737 bits per heavy atom. The molecule has 0 rings (SSSR count). The van der Waals surface area contributed by atoms with E-state index in [0.29, 0.717) is 5.41 Å². The van der Waals surface area contributed by atoms with Gasteiger partial charge >= 0.3 is 0 Å². The van der Waals surface area contributed by atoms with Crippen molar-refractivity contribution in [1.82, 2.24) is 0 Å². The molecule has 0 bridgehead atoms. The quantitative estimate of drug-likeness (QED) is 0.375. The topological polar surface area (TPSA) is 0 Å². The SMILES string of the molecule is CCC(C)CCC(C)(C)CCCC(C)CCC(C)C. The summed E-state index contributed by atoms with van der Waals surface area (Å²) >= 11 is 0. The zero-order valence-corrected chi connectivity index (χ0v) is 14.9. The highest BCUT2D eigenvalue weighted by atomic mass is 14.2. The summed E-state index contributed by atoms with van der Waals surface area (Å²) in [5.41, 5.74) is 0.557. The molecule has 0 aliphatic rings. The Balaban J connectivity index is 3.72. The summed E-state index contributed by atoms with van der Waals surface area (Å²) in [5.74, 6) is 2.70. The van der Waals surface area contributed by atoms with Gasteiger partial charge in [0.15, 0.2) is 0 Å². The molecular weight excluding hydrogens is 228 g/mol. The Hall–Kier alpha value is 0. The van der Waals surface area contributed by atoms with Crippen LogP contribution < -0.4 is 0 Å². The zero-order valence-electron chi connectivity index (χ0n) is 14.9. The maximum Gasteiger partial charge on any atom is -0.0354 e. The van der Waals surface area contributed by atoms with E-state index in [2.05, 4.69) is 48.5 Å². The average molecular weight is 269 g/mol. The van der Waals surface area contributed by atoms with Gasteiger partial charge in [-0.3, -0.25) is 0 Å². The summed E-state index contributed by atoms with van der Waals surface area (Å²) in [6, 6.07) is 0. The second-order valence-corrected chi connectivity index (χ2v) is 8.18. The largest absolute Gasteiger partial charge is 0.0651 e. The van der Waals surface area contributed by atoms with Gasteiger partial charge < -0.3 is 0 Å². The van der Waals surface area contributed by atoms with Crippen LogP contribution >= 0.6 is 0 Å². The molecule has 0 saturated carbocycles. The van der Waals surface area contributed by atoms with Crippen molar-refractivity contribution in [3.63, 3.8) is 0 Å². The highest BCUT2D eigenvalue weighted by molar-refractivity contribution is 4.71. The van der Waals surface area contributed by atoms with E-state index in [0.717, 1.165) is 17.8 Å². The molecule has 0 N–H and O–H groups in total. The van der Waals surface area contributed by atoms with Gasteiger partial charge in [0.1, 0.15) is 0 Å². The van der Waals surface area contributed by atoms with Crippen LogP contribution in [0.25, 0.3) is 0 Å². The monoisotopic (exact) mass is 268 g/mol. The van der Waals surface area contributed by atoms with Gasteiger partial charge in [0, 0.05) is 0 Å². The van der Waals surface area contributed by atoms with Crippen LogP contribution in [0.4, 0.5) is 0 Å². The number of rotatable bonds is 11. The van der Waals surface area contributed by atoms with Crippen molar-refractivity contribution < 1.29 is 0 Å². The molecule has 0 radical (unpaired) electrons. The lowest BCUT2D eigenvalue weighted by Crippen LogP contribution is -2.13. The van der Waals surface area contributed by atoms with Crippen molar-refractivity contribution >= 4 is 0 Å². The number of hydrogen-bond acceptors (Lipinski definition) is 0. The van der Waals surface area contributed by atoms with E-state index in [-0.39, 0.29) is 0 Å². The molecule has 0 amide bonds. The Morgan fingerprint density at radius 2 is 1.37 bits per heavy atom. The Labute approximate surface area is 123 Å². The van der Waals surface area contributed by atoms with Crippen molar-refractivity contribution in [2.75, 3.05) is 0 Å². The van der Waals surface area contributed by atoms with Crippen molar-refractivity contribution in [3.05, 3.63) is 0 Å². The normalized spacial score (nSPS) is 15.8. The van der Waals surface area contributed by atoms with E-state index in [1.165, 1.54) is 51.4 Å². The lowest BCUT2D eigenvalue weighted by atomic mass is 9.79. The Kier molecular flexibility index (Phi) is 9.83. The summed E-state index contributed by atoms with van der Waals surface area (Å²) < 4.78 is 0. The zero-order chi connectivity index (χ0) is 14.9. The van der Waals surface area contributed by atoms with E-state index >= 15 is 0 Å². The van der Waals surface area contributed by atoms with Crippen LogP contribution in [-0.2, 0) is 0 Å². The lowest BCUT2D eigenvalue weighted by Gasteiger charge is -2.26. The second kappa shape index (κ2) is 9.83. The van der Waals surface area contributed by atoms with Gasteiger partial charge in [-0.2, -0.15) is 0 Å². The summed E-state index contributed by atoms with van der Waals surface area (Å²) in [4.78, 5) is 0. The molecular formula is C19H40. The van der Waals surface area contributed by atoms with Gasteiger partial charge in [0.05, 0.1) is 0 Å². The molecule has 0 aromatic carbocycles. The minimum absolute atomic E-state index is 0.557. The van der Waals surface area contributed by atoms with Crippen LogP contribution in [0.3, 0.4) is 0 Å². The summed E-state index contributed by atoms with van der Waals surface area (Å²) in [5, 5.41) is 0. The first-order valence-electron chi connectivity index (χ1n) is 8.76. The van der Waals surface area contributed by atoms with Crippen LogP contribution in [0.15, 0.2) is 0 Å². The van der Waals surface area contributed by atoms with Crippen LogP contribution in [0.2, 0.25) is 0 Å². The summed E-state index contributed by atoms with van der Waals surface area (Å²) in [6.45, 7) is 16.8. The van der Waals surface area contributed by atoms with E-state index in [1.54, 1.807) is 0 Å². The minimum Gasteiger partial charge on any atom is -0.0651 e. The Bertz CT molecular complexity index is 202. The minimum atomic E-state index is 0.557. The molecule has 0 aliphatic heterocycles. The fourth-order valence-electron chi connectivity index (χ4n) is 2.66. The highest BCUT2D eigenvalue weighted by Crippen LogP contribution is 2.32. The second-order valence-electron chi connectivity index (χ2n) is 8.18. The maximum atomic E-state index is 2.47. The van der Waals surface area contributed by atoms with Crippen molar-refractivity contribution in [1.29, 1.82) is 0 Å². The fraction of sp³-hybridized carbons (Fsp3) is 1.00. The number of hydrogen-bond donors (Lipinski definition) is 0. The Morgan fingerprint density at radius 3 is 1.89 bits per heavy atom. The van der Waals surface area contributed by atoms with Crippen molar-refractivity contribution in [3.8, 4) is 0 Å². The van der Waals surface area contributed by atoms with Gasteiger partial charge in [-0.25, -0.2) is 0 Å². The standard InChI is InChI=1S/C19H40/c1-8-17(4)13-15-19(6,7)14-9-10-18(5)12-11-16(2)3/h16-18H,8-15H2,1-7H3. The lowest BCUT2D eigenvalue weighted by molar-refractivity contribution is 0.258. The molecule has 0 heterocycles. The predicted molar refractivity (Wildman–Crippen MR) is 89.6 cm³/mol. The molecule has 0 fully saturated rings. The third-order valence-corrected chi connectivity index (χ3v) is 4.80. The molecule has 0 nitrogen and oxygen atoms in total. The van der Waals surface area contributed by atoms with E-state index < -0.39 is 0 Å². The molecule has 2 unspecified atom stereocenters. The van der Waals surface area contributed by atoms with E-state index in [9.17, 15) is 0 Å². The fourth-order valence-corrected chi connectivity index (χ4v) is 2.66. The van der Waals surface area contributed by atoms with Crippen LogP contribution in [0.5, 0.6) is 0 Å². The first kappa shape index (κ1) is 19.0. The third-order valence-electron chi connectivity index (χ3n) is 4.80. The molecule has 2 atom stereocenters. The smallest absolute Gasteiger partial charge is 0.0354 e. The third kappa shape index (κ3) is 11.5. The molecule has 19 heavy (non-hydrogen) atoms. The van der Waals surface area contributed by atoms with Gasteiger partial charge in [-0.15, -0.1) is 0 Å². The van der Waals surface area contributed by atoms with Gasteiger partial charge in [-0.05, 0) is 36.0 Å². The molecule has 0 aromatic rings. The molecule has 0 heteroatoms. The summed E-state index contributed by atoms with van der Waals surface area (Å²) in [6.07, 6.45) is 11.2. The van der Waals surface area contributed by atoms with Gasteiger partial charge in [-0.1, -0.05) is 87.0 Å². The van der Waals surface area contributed by atoms with E-state index in [1.807, 2.05) is 0 Å². The maximum absolute atomic E-state index is 2.47.